The van der Waals surface area contributed by atoms with Crippen LogP contribution in [0.5, 0.6) is 5.75 Å². The van der Waals surface area contributed by atoms with Crippen LogP contribution in [0.3, 0.4) is 0 Å². The number of primary amides is 1. The van der Waals surface area contributed by atoms with Gasteiger partial charge in [0.25, 0.3) is 5.91 Å². The summed E-state index contributed by atoms with van der Waals surface area (Å²) in [6.07, 6.45) is 0.151. The van der Waals surface area contributed by atoms with E-state index in [0.29, 0.717) is 5.56 Å². The molecule has 12 heteroatoms. The number of benzene rings is 1. The summed E-state index contributed by atoms with van der Waals surface area (Å²) in [5.41, 5.74) is 0.862. The standard InChI is InChI=1S/C25H26N2O10/c1-8-10-6-4-9(5-7-11(28)29)18(30)13(10)19(31)14-12(8)20(32)16-17(27(2)3)21(33)15(24(26)36)23(35)25(16,37)22(14)34/h4-8,12,16-17,20,30-32,35,37H,1-3H3,(H2,26,36)(H,28,29)/b7-5+/t8-,12+,16+,17-,20-,25-/m1/s1. The van der Waals surface area contributed by atoms with Gasteiger partial charge in [0.05, 0.1) is 23.6 Å². The number of phenolic OH excluding ortho intramolecular Hbond substituents is 1. The average Bonchev–Trinajstić information content (AvgIpc) is 2.80. The molecule has 0 heterocycles. The summed E-state index contributed by atoms with van der Waals surface area (Å²) in [6.45, 7) is 1.60. The minimum Gasteiger partial charge on any atom is -0.508 e. The lowest BCUT2D eigenvalue weighted by molar-refractivity contribution is -0.169. The van der Waals surface area contributed by atoms with Gasteiger partial charge in [0.2, 0.25) is 5.78 Å². The first-order chi connectivity index (χ1) is 17.2. The molecule has 0 saturated heterocycles. The van der Waals surface area contributed by atoms with Crippen molar-refractivity contribution in [3.05, 3.63) is 51.8 Å². The molecule has 0 spiro atoms. The molecule has 37 heavy (non-hydrogen) atoms. The van der Waals surface area contributed by atoms with Crippen LogP contribution >= 0.6 is 0 Å². The van der Waals surface area contributed by atoms with E-state index in [-0.39, 0.29) is 11.1 Å². The Morgan fingerprint density at radius 2 is 1.76 bits per heavy atom. The van der Waals surface area contributed by atoms with Crippen LogP contribution in [0.4, 0.5) is 0 Å². The molecular formula is C25H26N2O10. The van der Waals surface area contributed by atoms with Crippen LogP contribution in [-0.2, 0) is 19.2 Å². The van der Waals surface area contributed by atoms with Crippen molar-refractivity contribution in [2.24, 2.45) is 17.6 Å². The molecule has 6 atom stereocenters. The predicted octanol–water partition coefficient (Wildman–Crippen LogP) is -0.406. The fraction of sp³-hybridized carbons (Fsp3) is 0.360. The number of carbonyl (C=O) groups excluding carboxylic acids is 3. The van der Waals surface area contributed by atoms with Gasteiger partial charge >= 0.3 is 5.97 Å². The first-order valence-electron chi connectivity index (χ1n) is 11.3. The molecule has 8 N–H and O–H groups in total. The second-order valence-electron chi connectivity index (χ2n) is 9.69. The average molecular weight is 514 g/mol. The number of aromatic hydroxyl groups is 1. The van der Waals surface area contributed by atoms with Crippen molar-refractivity contribution in [3.63, 3.8) is 0 Å². The van der Waals surface area contributed by atoms with E-state index in [1.807, 2.05) is 0 Å². The molecule has 1 aromatic carbocycles. The summed E-state index contributed by atoms with van der Waals surface area (Å²) in [4.78, 5) is 51.2. The van der Waals surface area contributed by atoms with Crippen LogP contribution in [0, 0.1) is 11.8 Å². The largest absolute Gasteiger partial charge is 0.508 e. The van der Waals surface area contributed by atoms with Gasteiger partial charge in [-0.2, -0.15) is 0 Å². The predicted molar refractivity (Wildman–Crippen MR) is 127 cm³/mol. The Morgan fingerprint density at radius 1 is 1.14 bits per heavy atom. The van der Waals surface area contributed by atoms with Crippen molar-refractivity contribution < 1.29 is 49.8 Å². The zero-order valence-corrected chi connectivity index (χ0v) is 20.0. The molecule has 12 nitrogen and oxygen atoms in total. The van der Waals surface area contributed by atoms with Crippen LogP contribution in [0.15, 0.2) is 35.1 Å². The summed E-state index contributed by atoms with van der Waals surface area (Å²) in [5.74, 6) is -11.2. The highest BCUT2D eigenvalue weighted by Gasteiger charge is 2.68. The highest BCUT2D eigenvalue weighted by molar-refractivity contribution is 6.24. The number of aliphatic hydroxyl groups excluding tert-OH is 3. The number of amides is 1. The lowest BCUT2D eigenvalue weighted by Gasteiger charge is -2.53. The Balaban J connectivity index is 2.03. The van der Waals surface area contributed by atoms with Crippen molar-refractivity contribution in [3.8, 4) is 5.75 Å². The number of carboxylic acid groups (broad SMARTS) is 1. The highest BCUT2D eigenvalue weighted by Crippen LogP contribution is 2.56. The number of likely N-dealkylation sites (N-methyl/N-ethyl adjacent to an activating group) is 1. The third-order valence-corrected chi connectivity index (χ3v) is 7.57. The van der Waals surface area contributed by atoms with Crippen LogP contribution in [-0.4, -0.2) is 90.8 Å². The minimum atomic E-state index is -3.00. The number of phenols is 1. The number of carboxylic acids is 1. The number of nitrogens with zero attached hydrogens (tertiary/aromatic N) is 1. The first-order valence-corrected chi connectivity index (χ1v) is 11.3. The molecule has 0 bridgehead atoms. The van der Waals surface area contributed by atoms with Gasteiger partial charge in [-0.3, -0.25) is 19.3 Å². The third-order valence-electron chi connectivity index (χ3n) is 7.57. The molecule has 1 aromatic rings. The fourth-order valence-corrected chi connectivity index (χ4v) is 5.93. The van der Waals surface area contributed by atoms with E-state index >= 15 is 0 Å². The lowest BCUT2D eigenvalue weighted by atomic mass is 9.54. The molecule has 1 saturated carbocycles. The number of hydrogen-bond acceptors (Lipinski definition) is 10. The summed E-state index contributed by atoms with van der Waals surface area (Å²) < 4.78 is 0. The van der Waals surface area contributed by atoms with E-state index in [1.165, 1.54) is 31.1 Å². The van der Waals surface area contributed by atoms with E-state index < -0.39 is 87.4 Å². The number of nitrogens with two attached hydrogens (primary N) is 1. The van der Waals surface area contributed by atoms with Crippen molar-refractivity contribution in [1.29, 1.82) is 0 Å². The molecule has 1 fully saturated rings. The zero-order valence-electron chi connectivity index (χ0n) is 20.0. The number of hydrogen-bond donors (Lipinski definition) is 7. The fourth-order valence-electron chi connectivity index (χ4n) is 5.93. The van der Waals surface area contributed by atoms with Gasteiger partial charge in [-0.25, -0.2) is 4.79 Å². The van der Waals surface area contributed by atoms with Gasteiger partial charge in [0, 0.05) is 23.1 Å². The lowest BCUT2D eigenvalue weighted by Crippen LogP contribution is -2.70. The summed E-state index contributed by atoms with van der Waals surface area (Å²) >= 11 is 0. The van der Waals surface area contributed by atoms with Crippen LogP contribution in [0.1, 0.15) is 29.5 Å². The van der Waals surface area contributed by atoms with E-state index in [9.17, 15) is 44.7 Å². The van der Waals surface area contributed by atoms with Crippen LogP contribution in [0.2, 0.25) is 0 Å². The SMILES string of the molecule is C[C@@H]1c2ccc(/C=C/C(=O)O)c(O)c2C(O)=C2C(=O)[C@@]3(O)C(O)=C(C(N)=O)C(=O)[C@H](N(C)C)[C@H]3[C@H](O)[C@H]21. The molecule has 196 valence electrons. The van der Waals surface area contributed by atoms with Crippen LogP contribution in [0.25, 0.3) is 11.8 Å². The quantitative estimate of drug-likeness (QED) is 0.202. The van der Waals surface area contributed by atoms with Gasteiger partial charge in [0.15, 0.2) is 11.4 Å². The van der Waals surface area contributed by atoms with Gasteiger partial charge in [0.1, 0.15) is 22.8 Å². The maximum Gasteiger partial charge on any atom is 0.328 e. The molecule has 4 rings (SSSR count). The molecule has 0 radical (unpaired) electrons. The Hall–Kier alpha value is -4.00. The molecule has 3 aliphatic rings. The number of carbonyl (C=O) groups is 4. The normalized spacial score (nSPS) is 31.5. The molecule has 1 amide bonds. The zero-order chi connectivity index (χ0) is 27.7. The van der Waals surface area contributed by atoms with Gasteiger partial charge in [-0.05, 0) is 31.7 Å². The third kappa shape index (κ3) is 3.40. The monoisotopic (exact) mass is 514 g/mol. The number of rotatable bonds is 4. The number of Topliss-reactive ketones (excluding diaryl/α,β-unsaturated/α-hetero) is 2. The second kappa shape index (κ2) is 8.54. The van der Waals surface area contributed by atoms with Crippen molar-refractivity contribution in [2.75, 3.05) is 14.1 Å². The van der Waals surface area contributed by atoms with Gasteiger partial charge in [-0.1, -0.05) is 19.1 Å². The van der Waals surface area contributed by atoms with Crippen molar-refractivity contribution >= 4 is 35.3 Å². The second-order valence-corrected chi connectivity index (χ2v) is 9.69. The summed E-state index contributed by atoms with van der Waals surface area (Å²) in [7, 11) is 2.85. The smallest absolute Gasteiger partial charge is 0.328 e. The number of aliphatic hydroxyl groups is 4. The Labute approximate surface area is 210 Å². The summed E-state index contributed by atoms with van der Waals surface area (Å²) in [5, 5.41) is 65.0. The van der Waals surface area contributed by atoms with E-state index in [2.05, 4.69) is 0 Å². The topological polar surface area (TPSA) is 219 Å². The number of aliphatic carboxylic acids is 1. The van der Waals surface area contributed by atoms with Crippen molar-refractivity contribution in [1.82, 2.24) is 4.90 Å². The maximum atomic E-state index is 13.9. The molecule has 3 aliphatic carbocycles. The van der Waals surface area contributed by atoms with Crippen LogP contribution < -0.4 is 5.73 Å². The molecular weight excluding hydrogens is 488 g/mol. The number of ketones is 2. The molecule has 0 unspecified atom stereocenters. The van der Waals surface area contributed by atoms with Gasteiger partial charge < -0.3 is 36.4 Å². The maximum absolute atomic E-state index is 13.9. The van der Waals surface area contributed by atoms with E-state index in [1.54, 1.807) is 6.92 Å². The molecule has 0 aromatic heterocycles. The molecule has 0 aliphatic heterocycles. The minimum absolute atomic E-state index is 0.00837. The number of fused-ring (bicyclic) bond motifs is 3. The Kier molecular flexibility index (Phi) is 6.02. The Bertz CT molecular complexity index is 1360. The van der Waals surface area contributed by atoms with Gasteiger partial charge in [-0.15, -0.1) is 0 Å². The highest BCUT2D eigenvalue weighted by atomic mass is 16.4. The first kappa shape index (κ1) is 26.1. The Morgan fingerprint density at radius 3 is 2.30 bits per heavy atom. The van der Waals surface area contributed by atoms with Crippen molar-refractivity contribution in [2.45, 2.75) is 30.6 Å². The van der Waals surface area contributed by atoms with E-state index in [0.717, 1.165) is 12.2 Å². The summed E-state index contributed by atoms with van der Waals surface area (Å²) in [6, 6.07) is 1.46. The van der Waals surface area contributed by atoms with E-state index in [4.69, 9.17) is 10.8 Å².